The van der Waals surface area contributed by atoms with E-state index in [9.17, 15) is 9.18 Å². The van der Waals surface area contributed by atoms with Crippen molar-refractivity contribution in [1.29, 1.82) is 0 Å². The number of nitrogens with two attached hydrogens (primary N) is 1. The standard InChI is InChI=1S/C14H20FN3O2/c1-20-13-9-12(11(16)8-10(13)15)17-5-4-14(19)18-6-2-3-7-18/h8-9,17H,2-7,16H2,1H3. The van der Waals surface area contributed by atoms with Crippen molar-refractivity contribution in [3.63, 3.8) is 0 Å². The smallest absolute Gasteiger partial charge is 0.224 e. The van der Waals surface area contributed by atoms with Crippen LogP contribution in [0.2, 0.25) is 0 Å². The molecule has 1 amide bonds. The van der Waals surface area contributed by atoms with Gasteiger partial charge in [0.05, 0.1) is 18.5 Å². The number of anilines is 2. The van der Waals surface area contributed by atoms with E-state index < -0.39 is 5.82 Å². The number of ether oxygens (including phenoxy) is 1. The molecule has 0 aromatic heterocycles. The molecule has 1 fully saturated rings. The first-order valence-corrected chi connectivity index (χ1v) is 6.76. The summed E-state index contributed by atoms with van der Waals surface area (Å²) < 4.78 is 18.3. The first-order valence-electron chi connectivity index (χ1n) is 6.76. The van der Waals surface area contributed by atoms with Gasteiger partial charge in [-0.3, -0.25) is 4.79 Å². The number of methoxy groups -OCH3 is 1. The minimum Gasteiger partial charge on any atom is -0.494 e. The number of hydrogen-bond donors (Lipinski definition) is 2. The summed E-state index contributed by atoms with van der Waals surface area (Å²) in [4.78, 5) is 13.7. The van der Waals surface area contributed by atoms with Crippen molar-refractivity contribution in [2.75, 3.05) is 37.8 Å². The summed E-state index contributed by atoms with van der Waals surface area (Å²) in [6.45, 7) is 2.17. The van der Waals surface area contributed by atoms with Crippen molar-refractivity contribution in [3.05, 3.63) is 17.9 Å². The van der Waals surface area contributed by atoms with E-state index in [1.54, 1.807) is 0 Å². The zero-order chi connectivity index (χ0) is 14.5. The fourth-order valence-corrected chi connectivity index (χ4v) is 2.31. The van der Waals surface area contributed by atoms with Gasteiger partial charge in [0.1, 0.15) is 0 Å². The van der Waals surface area contributed by atoms with Crippen molar-refractivity contribution < 1.29 is 13.9 Å². The molecule has 0 radical (unpaired) electrons. The lowest BCUT2D eigenvalue weighted by atomic mass is 10.2. The first-order chi connectivity index (χ1) is 9.61. The number of hydrogen-bond acceptors (Lipinski definition) is 4. The minimum absolute atomic E-state index is 0.132. The van der Waals surface area contributed by atoms with Crippen molar-refractivity contribution in [2.24, 2.45) is 0 Å². The van der Waals surface area contributed by atoms with Crippen LogP contribution in [0, 0.1) is 5.82 Å². The van der Waals surface area contributed by atoms with E-state index in [4.69, 9.17) is 10.5 Å². The minimum atomic E-state index is -0.497. The van der Waals surface area contributed by atoms with Crippen molar-refractivity contribution in [3.8, 4) is 5.75 Å². The Labute approximate surface area is 117 Å². The molecule has 1 aliphatic rings. The molecule has 1 saturated heterocycles. The van der Waals surface area contributed by atoms with Gasteiger partial charge in [0, 0.05) is 38.2 Å². The summed E-state index contributed by atoms with van der Waals surface area (Å²) in [5.74, 6) is -0.223. The molecule has 1 heterocycles. The fourth-order valence-electron chi connectivity index (χ4n) is 2.31. The zero-order valence-corrected chi connectivity index (χ0v) is 11.6. The Morgan fingerprint density at radius 3 is 2.80 bits per heavy atom. The van der Waals surface area contributed by atoms with Crippen LogP contribution in [0.1, 0.15) is 19.3 Å². The largest absolute Gasteiger partial charge is 0.494 e. The molecule has 0 bridgehead atoms. The van der Waals surface area contributed by atoms with E-state index in [1.807, 2.05) is 4.90 Å². The number of carbonyl (C=O) groups is 1. The normalized spacial score (nSPS) is 14.4. The highest BCUT2D eigenvalue weighted by molar-refractivity contribution is 5.77. The molecule has 0 saturated carbocycles. The second-order valence-corrected chi connectivity index (χ2v) is 4.84. The maximum absolute atomic E-state index is 13.4. The summed E-state index contributed by atoms with van der Waals surface area (Å²) in [5, 5.41) is 3.05. The van der Waals surface area contributed by atoms with Gasteiger partial charge in [0.25, 0.3) is 0 Å². The molecule has 0 spiro atoms. The number of likely N-dealkylation sites (tertiary alicyclic amines) is 1. The van der Waals surface area contributed by atoms with Gasteiger partial charge in [0.15, 0.2) is 11.6 Å². The van der Waals surface area contributed by atoms with Gasteiger partial charge in [-0.2, -0.15) is 0 Å². The molecule has 6 heteroatoms. The average molecular weight is 281 g/mol. The Morgan fingerprint density at radius 1 is 1.45 bits per heavy atom. The number of nitrogen functional groups attached to an aromatic ring is 1. The Kier molecular flexibility index (Phi) is 4.65. The molecule has 0 atom stereocenters. The third-order valence-electron chi connectivity index (χ3n) is 3.44. The van der Waals surface area contributed by atoms with Gasteiger partial charge in [0.2, 0.25) is 5.91 Å². The number of amides is 1. The third kappa shape index (κ3) is 3.31. The number of nitrogens with zero attached hydrogens (tertiary/aromatic N) is 1. The number of rotatable bonds is 5. The number of carbonyl (C=O) groups excluding carboxylic acids is 1. The summed E-state index contributed by atoms with van der Waals surface area (Å²) in [5.41, 5.74) is 6.61. The van der Waals surface area contributed by atoms with Crippen LogP contribution in [0.15, 0.2) is 12.1 Å². The molecule has 1 aliphatic heterocycles. The van der Waals surface area contributed by atoms with Crippen LogP contribution in [0.3, 0.4) is 0 Å². The molecule has 1 aromatic rings. The van der Waals surface area contributed by atoms with Crippen LogP contribution in [0.4, 0.5) is 15.8 Å². The highest BCUT2D eigenvalue weighted by Crippen LogP contribution is 2.27. The molecule has 3 N–H and O–H groups in total. The molecule has 20 heavy (non-hydrogen) atoms. The lowest BCUT2D eigenvalue weighted by molar-refractivity contribution is -0.129. The molecule has 2 rings (SSSR count). The van der Waals surface area contributed by atoms with Gasteiger partial charge in [-0.1, -0.05) is 0 Å². The maximum atomic E-state index is 13.4. The molecule has 0 aliphatic carbocycles. The molecular formula is C14H20FN3O2. The predicted octanol–water partition coefficient (Wildman–Crippen LogP) is 1.84. The van der Waals surface area contributed by atoms with Gasteiger partial charge in [-0.05, 0) is 12.8 Å². The second kappa shape index (κ2) is 6.45. The first kappa shape index (κ1) is 14.4. The molecule has 5 nitrogen and oxygen atoms in total. The monoisotopic (exact) mass is 281 g/mol. The Hall–Kier alpha value is -1.98. The lowest BCUT2D eigenvalue weighted by Crippen LogP contribution is -2.29. The van der Waals surface area contributed by atoms with Crippen LogP contribution >= 0.6 is 0 Å². The highest BCUT2D eigenvalue weighted by Gasteiger charge is 2.17. The Morgan fingerprint density at radius 2 is 2.15 bits per heavy atom. The topological polar surface area (TPSA) is 67.6 Å². The second-order valence-electron chi connectivity index (χ2n) is 4.84. The van der Waals surface area contributed by atoms with E-state index in [1.165, 1.54) is 19.2 Å². The van der Waals surface area contributed by atoms with E-state index in [-0.39, 0.29) is 11.7 Å². The fraction of sp³-hybridized carbons (Fsp3) is 0.500. The Balaban J connectivity index is 1.88. The van der Waals surface area contributed by atoms with E-state index in [0.29, 0.717) is 24.3 Å². The van der Waals surface area contributed by atoms with Crippen LogP contribution in [-0.2, 0) is 4.79 Å². The summed E-state index contributed by atoms with van der Waals surface area (Å²) in [6.07, 6.45) is 2.57. The van der Waals surface area contributed by atoms with Gasteiger partial charge in [-0.15, -0.1) is 0 Å². The van der Waals surface area contributed by atoms with Crippen molar-refractivity contribution >= 4 is 17.3 Å². The van der Waals surface area contributed by atoms with Gasteiger partial charge < -0.3 is 20.7 Å². The van der Waals surface area contributed by atoms with E-state index in [0.717, 1.165) is 25.9 Å². The molecule has 1 aromatic carbocycles. The zero-order valence-electron chi connectivity index (χ0n) is 11.6. The summed E-state index contributed by atoms with van der Waals surface area (Å²) in [7, 11) is 1.40. The van der Waals surface area contributed by atoms with Gasteiger partial charge in [-0.25, -0.2) is 4.39 Å². The SMILES string of the molecule is COc1cc(NCCC(=O)N2CCCC2)c(N)cc1F. The van der Waals surface area contributed by atoms with E-state index in [2.05, 4.69) is 5.32 Å². The molecule has 110 valence electrons. The average Bonchev–Trinajstić information content (AvgIpc) is 2.95. The van der Waals surface area contributed by atoms with Crippen LogP contribution in [0.25, 0.3) is 0 Å². The summed E-state index contributed by atoms with van der Waals surface area (Å²) in [6, 6.07) is 2.72. The van der Waals surface area contributed by atoms with Crippen LogP contribution in [-0.4, -0.2) is 37.6 Å². The summed E-state index contributed by atoms with van der Waals surface area (Å²) >= 11 is 0. The van der Waals surface area contributed by atoms with Crippen LogP contribution < -0.4 is 15.8 Å². The molecule has 0 unspecified atom stereocenters. The number of benzene rings is 1. The third-order valence-corrected chi connectivity index (χ3v) is 3.44. The quantitative estimate of drug-likeness (QED) is 0.808. The van der Waals surface area contributed by atoms with Crippen molar-refractivity contribution in [2.45, 2.75) is 19.3 Å². The molecular weight excluding hydrogens is 261 g/mol. The predicted molar refractivity (Wildman–Crippen MR) is 76.3 cm³/mol. The highest BCUT2D eigenvalue weighted by atomic mass is 19.1. The maximum Gasteiger partial charge on any atom is 0.224 e. The lowest BCUT2D eigenvalue weighted by Gasteiger charge is -2.16. The number of halogens is 1. The Bertz CT molecular complexity index is 488. The van der Waals surface area contributed by atoms with Gasteiger partial charge >= 0.3 is 0 Å². The van der Waals surface area contributed by atoms with Crippen LogP contribution in [0.5, 0.6) is 5.75 Å². The van der Waals surface area contributed by atoms with E-state index >= 15 is 0 Å². The van der Waals surface area contributed by atoms with Crippen molar-refractivity contribution in [1.82, 2.24) is 4.90 Å². The number of nitrogens with one attached hydrogen (secondary N) is 1.